The molecule has 0 spiro atoms. The number of amides is 4. The third kappa shape index (κ3) is 5.34. The number of aromatic hydroxyl groups is 1. The Labute approximate surface area is 205 Å². The Morgan fingerprint density at radius 3 is 2.33 bits per heavy atom. The topological polar surface area (TPSA) is 145 Å². The van der Waals surface area contributed by atoms with Gasteiger partial charge in [-0.3, -0.25) is 28.5 Å². The fraction of sp³-hybridized carbons (Fsp3) is 0.391. The van der Waals surface area contributed by atoms with Gasteiger partial charge in [-0.05, 0) is 17.7 Å². The maximum absolute atomic E-state index is 13.1. The lowest BCUT2D eigenvalue weighted by atomic mass is 10.2. The molecule has 1 unspecified atom stereocenters. The molecule has 0 aliphatic carbocycles. The molecular formula is C23H27FN6O6. The second-order valence-corrected chi connectivity index (χ2v) is 8.53. The molecular weight excluding hydrogens is 475 g/mol. The van der Waals surface area contributed by atoms with Gasteiger partial charge in [-0.15, -0.1) is 0 Å². The van der Waals surface area contributed by atoms with E-state index >= 15 is 0 Å². The number of carbonyl (C=O) groups is 4. The molecule has 0 bridgehead atoms. The van der Waals surface area contributed by atoms with Gasteiger partial charge < -0.3 is 25.1 Å². The van der Waals surface area contributed by atoms with E-state index in [9.17, 15) is 33.5 Å². The Morgan fingerprint density at radius 2 is 1.75 bits per heavy atom. The Morgan fingerprint density at radius 1 is 1.11 bits per heavy atom. The zero-order valence-electron chi connectivity index (χ0n) is 20.3. The number of aromatic nitrogens is 2. The Balaban J connectivity index is 2.02. The maximum atomic E-state index is 13.1. The lowest BCUT2D eigenvalue weighted by Gasteiger charge is -2.30. The van der Waals surface area contributed by atoms with Crippen molar-refractivity contribution in [1.29, 1.82) is 0 Å². The fourth-order valence-electron chi connectivity index (χ4n) is 3.73. The minimum Gasteiger partial charge on any atom is -0.501 e. The number of hydrogen-bond acceptors (Lipinski definition) is 7. The highest BCUT2D eigenvalue weighted by atomic mass is 19.1. The molecule has 192 valence electrons. The van der Waals surface area contributed by atoms with E-state index in [0.717, 1.165) is 14.4 Å². The van der Waals surface area contributed by atoms with Crippen LogP contribution in [0, 0.1) is 5.82 Å². The van der Waals surface area contributed by atoms with Crippen LogP contribution in [0.15, 0.2) is 29.1 Å². The van der Waals surface area contributed by atoms with Crippen LogP contribution in [0.25, 0.3) is 0 Å². The molecule has 13 heteroatoms. The lowest BCUT2D eigenvalue weighted by molar-refractivity contribution is -0.151. The molecule has 1 aliphatic heterocycles. The molecule has 1 aromatic carbocycles. The van der Waals surface area contributed by atoms with Crippen molar-refractivity contribution in [2.24, 2.45) is 0 Å². The molecule has 0 saturated heterocycles. The first-order valence-corrected chi connectivity index (χ1v) is 11.0. The third-order valence-electron chi connectivity index (χ3n) is 5.86. The van der Waals surface area contributed by atoms with E-state index in [4.69, 9.17) is 0 Å². The van der Waals surface area contributed by atoms with Gasteiger partial charge in [0.15, 0.2) is 5.69 Å². The quantitative estimate of drug-likeness (QED) is 0.535. The van der Waals surface area contributed by atoms with Gasteiger partial charge in [0.05, 0.1) is 0 Å². The molecule has 1 atom stereocenters. The van der Waals surface area contributed by atoms with Crippen LogP contribution in [0.4, 0.5) is 4.39 Å². The number of nitrogens with one attached hydrogen (secondary N) is 1. The van der Waals surface area contributed by atoms with E-state index in [1.807, 2.05) is 0 Å². The van der Waals surface area contributed by atoms with Gasteiger partial charge in [-0.1, -0.05) is 12.1 Å². The van der Waals surface area contributed by atoms with Gasteiger partial charge in [-0.25, -0.2) is 9.37 Å². The third-order valence-corrected chi connectivity index (χ3v) is 5.86. The smallest absolute Gasteiger partial charge is 0.312 e. The number of carbonyl (C=O) groups excluding carboxylic acids is 4. The van der Waals surface area contributed by atoms with Crippen LogP contribution in [-0.4, -0.2) is 87.2 Å². The summed E-state index contributed by atoms with van der Waals surface area (Å²) in [5.41, 5.74) is -0.935. The highest BCUT2D eigenvalue weighted by Gasteiger charge is 2.36. The number of hydrogen-bond donors (Lipinski definition) is 2. The molecule has 1 aliphatic rings. The summed E-state index contributed by atoms with van der Waals surface area (Å²) >= 11 is 0. The SMILES string of the molecule is CC(=O)N1CCn2c(nc(C(=O)NCc3ccc(F)cc3)c(O)c2=O)C(N(C)C(=O)C(=O)N(C)C)C1. The van der Waals surface area contributed by atoms with E-state index in [0.29, 0.717) is 5.56 Å². The number of nitrogens with zero attached hydrogens (tertiary/aromatic N) is 5. The number of halogens is 1. The average Bonchev–Trinajstić information content (AvgIpc) is 3.04. The summed E-state index contributed by atoms with van der Waals surface area (Å²) < 4.78 is 14.2. The van der Waals surface area contributed by atoms with Crippen LogP contribution < -0.4 is 10.9 Å². The first-order chi connectivity index (χ1) is 16.9. The molecule has 2 heterocycles. The minimum atomic E-state index is -1.07. The molecule has 0 saturated carbocycles. The number of fused-ring (bicyclic) bond motifs is 1. The van der Waals surface area contributed by atoms with Gasteiger partial charge >= 0.3 is 11.8 Å². The molecule has 36 heavy (non-hydrogen) atoms. The Bertz CT molecular complexity index is 1260. The van der Waals surface area contributed by atoms with E-state index in [1.54, 1.807) is 0 Å². The predicted molar refractivity (Wildman–Crippen MR) is 124 cm³/mol. The minimum absolute atomic E-state index is 0.0318. The monoisotopic (exact) mass is 502 g/mol. The van der Waals surface area contributed by atoms with Gasteiger partial charge in [0, 0.05) is 54.2 Å². The van der Waals surface area contributed by atoms with Gasteiger partial charge in [0.25, 0.3) is 11.5 Å². The molecule has 3 rings (SSSR count). The normalized spacial score (nSPS) is 14.9. The molecule has 2 aromatic rings. The summed E-state index contributed by atoms with van der Waals surface area (Å²) in [6.07, 6.45) is 0. The number of likely N-dealkylation sites (N-methyl/N-ethyl adjacent to an activating group) is 2. The maximum Gasteiger partial charge on any atom is 0.312 e. The van der Waals surface area contributed by atoms with Crippen molar-refractivity contribution >= 4 is 23.6 Å². The lowest BCUT2D eigenvalue weighted by Crippen LogP contribution is -2.46. The summed E-state index contributed by atoms with van der Waals surface area (Å²) in [7, 11) is 4.14. The molecule has 12 nitrogen and oxygen atoms in total. The summed E-state index contributed by atoms with van der Waals surface area (Å²) in [6, 6.07) is 4.30. The molecule has 4 amide bonds. The van der Waals surface area contributed by atoms with Crippen molar-refractivity contribution in [1.82, 2.24) is 29.6 Å². The summed E-state index contributed by atoms with van der Waals surface area (Å²) in [6.45, 7) is 1.23. The molecule has 1 aromatic heterocycles. The fourth-order valence-corrected chi connectivity index (χ4v) is 3.73. The Hall–Kier alpha value is -4.29. The summed E-state index contributed by atoms with van der Waals surface area (Å²) in [4.78, 5) is 70.9. The van der Waals surface area contributed by atoms with Gasteiger partial charge in [0.2, 0.25) is 11.7 Å². The summed E-state index contributed by atoms with van der Waals surface area (Å²) in [5, 5.41) is 13.0. The number of benzene rings is 1. The summed E-state index contributed by atoms with van der Waals surface area (Å²) in [5.74, 6) is -4.35. The molecule has 0 radical (unpaired) electrons. The average molecular weight is 503 g/mol. The standard InChI is InChI=1S/C23H27FN6O6/c1-13(31)29-9-10-30-19(16(12-29)28(4)23(36)22(35)27(2)3)26-17(18(32)21(30)34)20(33)25-11-14-5-7-15(24)8-6-14/h5-8,16,32H,9-12H2,1-4H3,(H,25,33). The van der Waals surface area contributed by atoms with Crippen molar-refractivity contribution < 1.29 is 28.7 Å². The zero-order valence-corrected chi connectivity index (χ0v) is 20.3. The van der Waals surface area contributed by atoms with Crippen molar-refractivity contribution in [2.45, 2.75) is 26.1 Å². The zero-order chi connectivity index (χ0) is 26.7. The second-order valence-electron chi connectivity index (χ2n) is 8.53. The predicted octanol–water partition coefficient (Wildman–Crippen LogP) is -0.532. The highest BCUT2D eigenvalue weighted by molar-refractivity contribution is 6.34. The van der Waals surface area contributed by atoms with E-state index < -0.39 is 46.6 Å². The van der Waals surface area contributed by atoms with Crippen molar-refractivity contribution in [3.05, 3.63) is 57.5 Å². The van der Waals surface area contributed by atoms with Crippen LogP contribution in [-0.2, 0) is 27.5 Å². The van der Waals surface area contributed by atoms with Crippen LogP contribution in [0.1, 0.15) is 34.8 Å². The Kier molecular flexibility index (Phi) is 7.71. The first-order valence-electron chi connectivity index (χ1n) is 11.0. The molecule has 0 fully saturated rings. The number of rotatable bonds is 4. The van der Waals surface area contributed by atoms with E-state index in [1.165, 1.54) is 57.2 Å². The van der Waals surface area contributed by atoms with Crippen molar-refractivity contribution in [2.75, 3.05) is 34.2 Å². The van der Waals surface area contributed by atoms with Crippen molar-refractivity contribution in [3.8, 4) is 5.75 Å². The van der Waals surface area contributed by atoms with Gasteiger partial charge in [-0.2, -0.15) is 0 Å². The second kappa shape index (κ2) is 10.5. The van der Waals surface area contributed by atoms with Crippen LogP contribution >= 0.6 is 0 Å². The van der Waals surface area contributed by atoms with Crippen LogP contribution in [0.5, 0.6) is 5.75 Å². The molecule has 2 N–H and O–H groups in total. The van der Waals surface area contributed by atoms with Crippen LogP contribution in [0.3, 0.4) is 0 Å². The first kappa shape index (κ1) is 26.3. The largest absolute Gasteiger partial charge is 0.501 e. The van der Waals surface area contributed by atoms with Crippen molar-refractivity contribution in [3.63, 3.8) is 0 Å². The highest BCUT2D eigenvalue weighted by Crippen LogP contribution is 2.24. The van der Waals surface area contributed by atoms with E-state index in [-0.39, 0.29) is 37.9 Å². The van der Waals surface area contributed by atoms with Crippen LogP contribution in [0.2, 0.25) is 0 Å². The van der Waals surface area contributed by atoms with Gasteiger partial charge in [0.1, 0.15) is 17.7 Å². The van der Waals surface area contributed by atoms with E-state index in [2.05, 4.69) is 10.3 Å².